The van der Waals surface area contributed by atoms with Gasteiger partial charge in [0.2, 0.25) is 0 Å². The number of ether oxygens (including phenoxy) is 2. The molecule has 0 unspecified atom stereocenters. The number of hydrogen-bond acceptors (Lipinski definition) is 4. The molecule has 176 valence electrons. The van der Waals surface area contributed by atoms with Crippen LogP contribution in [0.3, 0.4) is 0 Å². The monoisotopic (exact) mass is 467 g/mol. The SMILES string of the molecule is COc1cc(OC)cc(-c2cn(-c3ccc(C(F)(F)F)cc3)c(-c3ccc(N(C)C)cc3)n2)c1. The maximum Gasteiger partial charge on any atom is 0.416 e. The third kappa shape index (κ3) is 4.71. The van der Waals surface area contributed by atoms with Gasteiger partial charge in [0.05, 0.1) is 25.5 Å². The number of halogens is 3. The summed E-state index contributed by atoms with van der Waals surface area (Å²) < 4.78 is 51.8. The van der Waals surface area contributed by atoms with Crippen LogP contribution in [0.15, 0.2) is 72.9 Å². The molecule has 0 fully saturated rings. The van der Waals surface area contributed by atoms with E-state index in [-0.39, 0.29) is 0 Å². The highest BCUT2D eigenvalue weighted by molar-refractivity contribution is 5.70. The van der Waals surface area contributed by atoms with Gasteiger partial charge in [-0.25, -0.2) is 4.98 Å². The molecule has 0 spiro atoms. The highest BCUT2D eigenvalue weighted by Gasteiger charge is 2.30. The first-order valence-corrected chi connectivity index (χ1v) is 10.5. The predicted octanol–water partition coefficient (Wildman–Crippen LogP) is 6.31. The molecular weight excluding hydrogens is 443 g/mol. The van der Waals surface area contributed by atoms with Gasteiger partial charge in [-0.15, -0.1) is 0 Å². The van der Waals surface area contributed by atoms with Crippen molar-refractivity contribution in [1.29, 1.82) is 0 Å². The van der Waals surface area contributed by atoms with Crippen LogP contribution in [0.4, 0.5) is 18.9 Å². The molecule has 1 aromatic heterocycles. The Labute approximate surface area is 196 Å². The van der Waals surface area contributed by atoms with E-state index in [0.29, 0.717) is 28.7 Å². The lowest BCUT2D eigenvalue weighted by molar-refractivity contribution is -0.137. The molecule has 5 nitrogen and oxygen atoms in total. The molecule has 0 saturated heterocycles. The molecule has 0 saturated carbocycles. The van der Waals surface area contributed by atoms with Crippen LogP contribution in [0, 0.1) is 0 Å². The summed E-state index contributed by atoms with van der Waals surface area (Å²) in [7, 11) is 7.03. The van der Waals surface area contributed by atoms with Crippen LogP contribution in [0.5, 0.6) is 11.5 Å². The molecule has 8 heteroatoms. The standard InChI is InChI=1S/C26H24F3N3O2/c1-31(2)20-9-5-17(6-10-20)25-30-24(18-13-22(33-3)15-23(14-18)34-4)16-32(25)21-11-7-19(8-12-21)26(27,28)29/h5-16H,1-4H3. The number of anilines is 1. The van der Waals surface area contributed by atoms with Crippen LogP contribution in [0.1, 0.15) is 5.56 Å². The summed E-state index contributed by atoms with van der Waals surface area (Å²) in [6.07, 6.45) is -2.60. The number of hydrogen-bond donors (Lipinski definition) is 0. The second-order valence-electron chi connectivity index (χ2n) is 7.91. The van der Waals surface area contributed by atoms with E-state index in [2.05, 4.69) is 0 Å². The van der Waals surface area contributed by atoms with Gasteiger partial charge in [0.15, 0.2) is 0 Å². The zero-order chi connectivity index (χ0) is 24.5. The summed E-state index contributed by atoms with van der Waals surface area (Å²) in [5, 5.41) is 0. The summed E-state index contributed by atoms with van der Waals surface area (Å²) in [6.45, 7) is 0. The Balaban J connectivity index is 1.86. The van der Waals surface area contributed by atoms with Crippen molar-refractivity contribution in [3.63, 3.8) is 0 Å². The van der Waals surface area contributed by atoms with E-state index in [1.807, 2.05) is 55.4 Å². The van der Waals surface area contributed by atoms with Crippen LogP contribution in [0.25, 0.3) is 28.3 Å². The minimum atomic E-state index is -4.40. The summed E-state index contributed by atoms with van der Waals surface area (Å²) in [5.74, 6) is 1.81. The van der Waals surface area contributed by atoms with Crippen molar-refractivity contribution in [1.82, 2.24) is 9.55 Å². The van der Waals surface area contributed by atoms with Gasteiger partial charge in [-0.1, -0.05) is 0 Å². The molecule has 34 heavy (non-hydrogen) atoms. The number of aromatic nitrogens is 2. The molecule has 4 rings (SSSR count). The van der Waals surface area contributed by atoms with Crippen LogP contribution in [-0.4, -0.2) is 37.9 Å². The molecule has 0 aliphatic carbocycles. The number of rotatable bonds is 6. The molecule has 0 N–H and O–H groups in total. The number of alkyl halides is 3. The van der Waals surface area contributed by atoms with Crippen molar-refractivity contribution in [2.24, 2.45) is 0 Å². The van der Waals surface area contributed by atoms with Gasteiger partial charge in [0.1, 0.15) is 17.3 Å². The maximum atomic E-state index is 13.1. The smallest absolute Gasteiger partial charge is 0.416 e. The molecule has 0 amide bonds. The highest BCUT2D eigenvalue weighted by Crippen LogP contribution is 2.34. The van der Waals surface area contributed by atoms with E-state index >= 15 is 0 Å². The average molecular weight is 467 g/mol. The molecule has 4 aromatic rings. The zero-order valence-electron chi connectivity index (χ0n) is 19.2. The van der Waals surface area contributed by atoms with E-state index < -0.39 is 11.7 Å². The van der Waals surface area contributed by atoms with E-state index in [9.17, 15) is 13.2 Å². The third-order valence-corrected chi connectivity index (χ3v) is 5.47. The fraction of sp³-hybridized carbons (Fsp3) is 0.192. The van der Waals surface area contributed by atoms with Crippen molar-refractivity contribution in [2.45, 2.75) is 6.18 Å². The molecule has 1 heterocycles. The van der Waals surface area contributed by atoms with E-state index in [4.69, 9.17) is 14.5 Å². The van der Waals surface area contributed by atoms with E-state index in [1.54, 1.807) is 31.0 Å². The number of nitrogens with zero attached hydrogens (tertiary/aromatic N) is 3. The fourth-order valence-corrected chi connectivity index (χ4v) is 3.59. The Kier molecular flexibility index (Phi) is 6.24. The van der Waals surface area contributed by atoms with Crippen molar-refractivity contribution in [3.05, 3.63) is 78.5 Å². The summed E-state index contributed by atoms with van der Waals surface area (Å²) in [4.78, 5) is 6.83. The Hall–Kier alpha value is -3.94. The predicted molar refractivity (Wildman–Crippen MR) is 127 cm³/mol. The van der Waals surface area contributed by atoms with Gasteiger partial charge in [-0.05, 0) is 60.7 Å². The Morgan fingerprint density at radius 3 is 1.88 bits per heavy atom. The Bertz CT molecular complexity index is 1260. The molecule has 0 bridgehead atoms. The fourth-order valence-electron chi connectivity index (χ4n) is 3.59. The van der Waals surface area contributed by atoms with Gasteiger partial charge in [-0.2, -0.15) is 13.2 Å². The normalized spacial score (nSPS) is 11.4. The Morgan fingerprint density at radius 1 is 0.794 bits per heavy atom. The van der Waals surface area contributed by atoms with Gasteiger partial charge < -0.3 is 14.4 Å². The van der Waals surface area contributed by atoms with Crippen molar-refractivity contribution >= 4 is 5.69 Å². The number of methoxy groups -OCH3 is 2. The quantitative estimate of drug-likeness (QED) is 0.333. The molecule has 3 aromatic carbocycles. The summed E-state index contributed by atoms with van der Waals surface area (Å²) in [6, 6.07) is 18.3. The second-order valence-corrected chi connectivity index (χ2v) is 7.91. The van der Waals surface area contributed by atoms with Gasteiger partial charge in [0.25, 0.3) is 0 Å². The van der Waals surface area contributed by atoms with Crippen LogP contribution >= 0.6 is 0 Å². The topological polar surface area (TPSA) is 39.5 Å². The first-order chi connectivity index (χ1) is 16.2. The lowest BCUT2D eigenvalue weighted by atomic mass is 10.1. The van der Waals surface area contributed by atoms with Gasteiger partial charge in [-0.3, -0.25) is 4.57 Å². The molecule has 0 atom stereocenters. The highest BCUT2D eigenvalue weighted by atomic mass is 19.4. The minimum absolute atomic E-state index is 0.563. The molecule has 0 aliphatic rings. The van der Waals surface area contributed by atoms with Crippen molar-refractivity contribution in [3.8, 4) is 39.8 Å². The molecule has 0 aliphatic heterocycles. The van der Waals surface area contributed by atoms with Crippen LogP contribution in [-0.2, 0) is 6.18 Å². The number of imidazole rings is 1. The lowest BCUT2D eigenvalue weighted by Crippen LogP contribution is -2.08. The minimum Gasteiger partial charge on any atom is -0.497 e. The largest absolute Gasteiger partial charge is 0.497 e. The summed E-state index contributed by atoms with van der Waals surface area (Å²) >= 11 is 0. The van der Waals surface area contributed by atoms with Crippen LogP contribution in [0.2, 0.25) is 0 Å². The number of benzene rings is 3. The summed E-state index contributed by atoms with van der Waals surface area (Å²) in [5.41, 5.74) is 3.09. The second kappa shape index (κ2) is 9.13. The Morgan fingerprint density at radius 2 is 1.38 bits per heavy atom. The maximum absolute atomic E-state index is 13.1. The molecular formula is C26H24F3N3O2. The molecule has 0 radical (unpaired) electrons. The van der Waals surface area contributed by atoms with Crippen LogP contribution < -0.4 is 14.4 Å². The average Bonchev–Trinajstić information content (AvgIpc) is 3.29. The van der Waals surface area contributed by atoms with Crippen molar-refractivity contribution in [2.75, 3.05) is 33.2 Å². The third-order valence-electron chi connectivity index (χ3n) is 5.47. The van der Waals surface area contributed by atoms with E-state index in [1.165, 1.54) is 12.1 Å². The van der Waals surface area contributed by atoms with Gasteiger partial charge in [0, 0.05) is 48.9 Å². The first-order valence-electron chi connectivity index (χ1n) is 10.5. The lowest BCUT2D eigenvalue weighted by Gasteiger charge is -2.13. The van der Waals surface area contributed by atoms with Gasteiger partial charge >= 0.3 is 6.18 Å². The van der Waals surface area contributed by atoms with Crippen molar-refractivity contribution < 1.29 is 22.6 Å². The zero-order valence-corrected chi connectivity index (χ0v) is 19.2. The first kappa shape index (κ1) is 23.2. The van der Waals surface area contributed by atoms with E-state index in [0.717, 1.165) is 28.9 Å².